The number of carbonyl (C=O) groups excluding carboxylic acids is 1. The zero-order valence-corrected chi connectivity index (χ0v) is 12.0. The Morgan fingerprint density at radius 3 is 2.91 bits per heavy atom. The second-order valence-corrected chi connectivity index (χ2v) is 5.01. The van der Waals surface area contributed by atoms with Crippen molar-refractivity contribution in [3.63, 3.8) is 0 Å². The van der Waals surface area contributed by atoms with Crippen LogP contribution in [-0.4, -0.2) is 50.4 Å². The third-order valence-electron chi connectivity index (χ3n) is 3.35. The van der Waals surface area contributed by atoms with E-state index in [0.717, 1.165) is 0 Å². The molecule has 0 aromatic carbocycles. The highest BCUT2D eigenvalue weighted by Gasteiger charge is 2.27. The fourth-order valence-corrected chi connectivity index (χ4v) is 2.35. The molecule has 1 aliphatic rings. The molecule has 1 amide bonds. The molecule has 3 heterocycles. The third kappa shape index (κ3) is 3.01. The zero-order valence-electron chi connectivity index (χ0n) is 12.0. The molecule has 0 aliphatic carbocycles. The first-order chi connectivity index (χ1) is 10.6. The molecule has 0 saturated carbocycles. The summed E-state index contributed by atoms with van der Waals surface area (Å²) in [6, 6.07) is 1.41. The summed E-state index contributed by atoms with van der Waals surface area (Å²) >= 11 is 0. The average molecular weight is 301 g/mol. The molecule has 1 unspecified atom stereocenters. The molecule has 0 spiro atoms. The Kier molecular flexibility index (Phi) is 3.92. The van der Waals surface area contributed by atoms with Crippen molar-refractivity contribution in [3.05, 3.63) is 52.2 Å². The fourth-order valence-electron chi connectivity index (χ4n) is 2.35. The first-order valence-corrected chi connectivity index (χ1v) is 6.87. The normalized spacial score (nSPS) is 18.2. The number of amides is 1. The van der Waals surface area contributed by atoms with Crippen LogP contribution < -0.4 is 5.56 Å². The van der Waals surface area contributed by atoms with E-state index in [9.17, 15) is 9.59 Å². The van der Waals surface area contributed by atoms with Crippen LogP contribution in [-0.2, 0) is 4.74 Å². The van der Waals surface area contributed by atoms with Crippen molar-refractivity contribution in [1.29, 1.82) is 0 Å². The van der Waals surface area contributed by atoms with Crippen LogP contribution in [0.1, 0.15) is 28.0 Å². The fraction of sp³-hybridized carbons (Fsp3) is 0.357. The summed E-state index contributed by atoms with van der Waals surface area (Å²) in [5.41, 5.74) is 0.808. The highest BCUT2D eigenvalue weighted by Crippen LogP contribution is 2.19. The van der Waals surface area contributed by atoms with E-state index < -0.39 is 6.10 Å². The van der Waals surface area contributed by atoms with Crippen LogP contribution >= 0.6 is 0 Å². The standard InChI is InChI=1S/C14H15N5O3/c1-9-4-12(20)18-13(17-9)11-7-19(2-3-22-11)14(21)10-5-15-8-16-6-10/h4-6,8,11H,2-3,7H2,1H3,(H,17,18,20). The lowest BCUT2D eigenvalue weighted by Gasteiger charge is -2.32. The maximum atomic E-state index is 12.4. The van der Waals surface area contributed by atoms with Crippen LogP contribution in [0.5, 0.6) is 0 Å². The topological polar surface area (TPSA) is 101 Å². The van der Waals surface area contributed by atoms with Gasteiger partial charge in [0.15, 0.2) is 0 Å². The molecule has 3 rings (SSSR count). The summed E-state index contributed by atoms with van der Waals surface area (Å²) in [5, 5.41) is 0. The van der Waals surface area contributed by atoms with Crippen molar-refractivity contribution in [2.45, 2.75) is 13.0 Å². The molecular formula is C14H15N5O3. The van der Waals surface area contributed by atoms with E-state index >= 15 is 0 Å². The first kappa shape index (κ1) is 14.3. The number of carbonyl (C=O) groups is 1. The zero-order chi connectivity index (χ0) is 15.5. The summed E-state index contributed by atoms with van der Waals surface area (Å²) < 4.78 is 5.63. The largest absolute Gasteiger partial charge is 0.367 e. The molecule has 1 saturated heterocycles. The second-order valence-electron chi connectivity index (χ2n) is 5.01. The Morgan fingerprint density at radius 1 is 1.41 bits per heavy atom. The van der Waals surface area contributed by atoms with Crippen molar-refractivity contribution in [1.82, 2.24) is 24.8 Å². The number of aryl methyl sites for hydroxylation is 1. The average Bonchev–Trinajstić information content (AvgIpc) is 2.54. The van der Waals surface area contributed by atoms with Gasteiger partial charge in [0, 0.05) is 30.7 Å². The number of hydrogen-bond acceptors (Lipinski definition) is 6. The maximum absolute atomic E-state index is 12.4. The molecule has 1 fully saturated rings. The van der Waals surface area contributed by atoms with Gasteiger partial charge in [-0.15, -0.1) is 0 Å². The van der Waals surface area contributed by atoms with Crippen molar-refractivity contribution in [2.24, 2.45) is 0 Å². The summed E-state index contributed by atoms with van der Waals surface area (Å²) in [6.45, 7) is 2.91. The smallest absolute Gasteiger partial charge is 0.257 e. The van der Waals surface area contributed by atoms with Gasteiger partial charge in [-0.1, -0.05) is 0 Å². The Hall–Kier alpha value is -2.61. The quantitative estimate of drug-likeness (QED) is 0.843. The van der Waals surface area contributed by atoms with Gasteiger partial charge < -0.3 is 14.6 Å². The van der Waals surface area contributed by atoms with Crippen LogP contribution in [0.2, 0.25) is 0 Å². The minimum atomic E-state index is -0.449. The molecular weight excluding hydrogens is 286 g/mol. The van der Waals surface area contributed by atoms with Crippen molar-refractivity contribution in [2.75, 3.05) is 19.7 Å². The number of aromatic nitrogens is 4. The number of aromatic amines is 1. The Balaban J connectivity index is 1.79. The van der Waals surface area contributed by atoms with Gasteiger partial charge in [0.1, 0.15) is 18.3 Å². The van der Waals surface area contributed by atoms with E-state index in [4.69, 9.17) is 4.74 Å². The molecule has 2 aromatic rings. The van der Waals surface area contributed by atoms with Crippen LogP contribution in [0.4, 0.5) is 0 Å². The minimum absolute atomic E-state index is 0.163. The predicted molar refractivity (Wildman–Crippen MR) is 76.2 cm³/mol. The van der Waals surface area contributed by atoms with E-state index in [1.165, 1.54) is 24.8 Å². The van der Waals surface area contributed by atoms with Crippen molar-refractivity contribution < 1.29 is 9.53 Å². The van der Waals surface area contributed by atoms with Gasteiger partial charge in [0.25, 0.3) is 11.5 Å². The summed E-state index contributed by atoms with van der Waals surface area (Å²) in [6.07, 6.45) is 3.88. The van der Waals surface area contributed by atoms with Crippen molar-refractivity contribution in [3.8, 4) is 0 Å². The van der Waals surface area contributed by atoms with Crippen LogP contribution in [0.25, 0.3) is 0 Å². The third-order valence-corrected chi connectivity index (χ3v) is 3.35. The monoisotopic (exact) mass is 301 g/mol. The van der Waals surface area contributed by atoms with Gasteiger partial charge in [-0.3, -0.25) is 9.59 Å². The molecule has 8 heteroatoms. The number of nitrogens with one attached hydrogen (secondary N) is 1. The molecule has 1 atom stereocenters. The first-order valence-electron chi connectivity index (χ1n) is 6.87. The molecule has 0 bridgehead atoms. The van der Waals surface area contributed by atoms with Gasteiger partial charge >= 0.3 is 0 Å². The van der Waals surface area contributed by atoms with Crippen molar-refractivity contribution >= 4 is 5.91 Å². The van der Waals surface area contributed by atoms with Gasteiger partial charge in [-0.25, -0.2) is 15.0 Å². The summed E-state index contributed by atoms with van der Waals surface area (Å²) in [7, 11) is 0. The molecule has 0 radical (unpaired) electrons. The second kappa shape index (κ2) is 6.02. The molecule has 1 N–H and O–H groups in total. The molecule has 8 nitrogen and oxygen atoms in total. The SMILES string of the molecule is Cc1cc(=O)[nH]c(C2CN(C(=O)c3cncnc3)CCO2)n1. The Morgan fingerprint density at radius 2 is 2.18 bits per heavy atom. The summed E-state index contributed by atoms with van der Waals surface area (Å²) in [5.74, 6) is 0.274. The minimum Gasteiger partial charge on any atom is -0.367 e. The number of H-pyrrole nitrogens is 1. The molecule has 22 heavy (non-hydrogen) atoms. The highest BCUT2D eigenvalue weighted by atomic mass is 16.5. The molecule has 114 valence electrons. The van der Waals surface area contributed by atoms with Crippen LogP contribution in [0.15, 0.2) is 29.6 Å². The predicted octanol–water partition coefficient (Wildman–Crippen LogP) is 0.0820. The van der Waals surface area contributed by atoms with Crippen LogP contribution in [0.3, 0.4) is 0 Å². The lowest BCUT2D eigenvalue weighted by Crippen LogP contribution is -2.43. The number of ether oxygens (including phenoxy) is 1. The van der Waals surface area contributed by atoms with E-state index in [1.54, 1.807) is 11.8 Å². The highest BCUT2D eigenvalue weighted by molar-refractivity contribution is 5.93. The molecule has 1 aliphatic heterocycles. The number of nitrogens with zero attached hydrogens (tertiary/aromatic N) is 4. The number of hydrogen-bond donors (Lipinski definition) is 1. The van der Waals surface area contributed by atoms with Gasteiger partial charge in [0.05, 0.1) is 18.7 Å². The van der Waals surface area contributed by atoms with E-state index in [-0.39, 0.29) is 11.5 Å². The number of rotatable bonds is 2. The lowest BCUT2D eigenvalue weighted by molar-refractivity contribution is -0.0270. The van der Waals surface area contributed by atoms with Gasteiger partial charge in [-0.05, 0) is 6.92 Å². The van der Waals surface area contributed by atoms with E-state index in [0.29, 0.717) is 36.8 Å². The number of morpholine rings is 1. The summed E-state index contributed by atoms with van der Waals surface area (Å²) in [4.78, 5) is 40.2. The Labute approximate surface area is 126 Å². The van der Waals surface area contributed by atoms with E-state index in [1.807, 2.05) is 0 Å². The van der Waals surface area contributed by atoms with E-state index in [2.05, 4.69) is 19.9 Å². The molecule has 2 aromatic heterocycles. The van der Waals surface area contributed by atoms with Crippen LogP contribution in [0, 0.1) is 6.92 Å². The Bertz CT molecular complexity index is 731. The van der Waals surface area contributed by atoms with Gasteiger partial charge in [0.2, 0.25) is 0 Å². The van der Waals surface area contributed by atoms with Gasteiger partial charge in [-0.2, -0.15) is 0 Å². The maximum Gasteiger partial charge on any atom is 0.257 e. The lowest BCUT2D eigenvalue weighted by atomic mass is 10.2.